The highest BCUT2D eigenvalue weighted by atomic mass is 32.2. The van der Waals surface area contributed by atoms with Gasteiger partial charge in [0.15, 0.2) is 11.0 Å². The Morgan fingerprint density at radius 3 is 2.86 bits per heavy atom. The van der Waals surface area contributed by atoms with Crippen LogP contribution in [0.1, 0.15) is 38.4 Å². The van der Waals surface area contributed by atoms with Gasteiger partial charge in [0.05, 0.1) is 17.9 Å². The zero-order chi connectivity index (χ0) is 19.5. The van der Waals surface area contributed by atoms with E-state index in [1.54, 1.807) is 13.0 Å². The highest BCUT2D eigenvalue weighted by molar-refractivity contribution is 8.00. The van der Waals surface area contributed by atoms with Gasteiger partial charge in [0.1, 0.15) is 5.76 Å². The van der Waals surface area contributed by atoms with Gasteiger partial charge in [-0.1, -0.05) is 16.9 Å². The van der Waals surface area contributed by atoms with E-state index in [1.165, 1.54) is 24.6 Å². The molecule has 28 heavy (non-hydrogen) atoms. The van der Waals surface area contributed by atoms with Gasteiger partial charge in [-0.2, -0.15) is 0 Å². The molecule has 0 aromatic carbocycles. The van der Waals surface area contributed by atoms with Gasteiger partial charge in [-0.05, 0) is 39.5 Å². The Morgan fingerprint density at radius 2 is 2.18 bits per heavy atom. The molecule has 1 N–H and O–H groups in total. The summed E-state index contributed by atoms with van der Waals surface area (Å²) in [4.78, 5) is 14.8. The monoisotopic (exact) mass is 406 g/mol. The highest BCUT2D eigenvalue weighted by Gasteiger charge is 2.27. The summed E-state index contributed by atoms with van der Waals surface area (Å²) in [7, 11) is 0. The Bertz CT molecular complexity index is 810. The molecule has 1 amide bonds. The van der Waals surface area contributed by atoms with Crippen LogP contribution in [-0.4, -0.2) is 56.9 Å². The van der Waals surface area contributed by atoms with Crippen LogP contribution in [0, 0.1) is 6.92 Å². The topological polar surface area (TPSA) is 98.3 Å². The summed E-state index contributed by atoms with van der Waals surface area (Å²) < 4.78 is 13.0. The number of hydrogen-bond acceptors (Lipinski definition) is 8. The minimum absolute atomic E-state index is 0.146. The fourth-order valence-electron chi connectivity index (χ4n) is 3.54. The molecular weight excluding hydrogens is 380 g/mol. The van der Waals surface area contributed by atoms with E-state index in [-0.39, 0.29) is 17.3 Å². The number of anilines is 2. The van der Waals surface area contributed by atoms with Crippen LogP contribution in [0.5, 0.6) is 0 Å². The predicted molar refractivity (Wildman–Crippen MR) is 106 cm³/mol. The predicted octanol–water partition coefficient (Wildman–Crippen LogP) is 2.47. The molecule has 0 spiro atoms. The van der Waals surface area contributed by atoms with Crippen molar-refractivity contribution >= 4 is 29.4 Å². The van der Waals surface area contributed by atoms with E-state index in [2.05, 4.69) is 30.1 Å². The number of amides is 1. The smallest absolute Gasteiger partial charge is 0.238 e. The van der Waals surface area contributed by atoms with Crippen molar-refractivity contribution in [3.8, 4) is 0 Å². The first-order valence-corrected chi connectivity index (χ1v) is 10.7. The molecule has 2 atom stereocenters. The van der Waals surface area contributed by atoms with Crippen LogP contribution in [0.25, 0.3) is 0 Å². The summed E-state index contributed by atoms with van der Waals surface area (Å²) in [5.74, 6) is 1.82. The van der Waals surface area contributed by atoms with E-state index in [4.69, 9.17) is 9.26 Å². The van der Waals surface area contributed by atoms with E-state index < -0.39 is 0 Å². The fourth-order valence-corrected chi connectivity index (χ4v) is 4.39. The Labute approximate surface area is 168 Å². The van der Waals surface area contributed by atoms with Gasteiger partial charge in [0.2, 0.25) is 11.9 Å². The average Bonchev–Trinajstić information content (AvgIpc) is 3.45. The molecule has 4 rings (SSSR count). The zero-order valence-corrected chi connectivity index (χ0v) is 17.1. The molecular formula is C18H26N6O3S. The number of carbonyl (C=O) groups is 1. The SMILES string of the molecule is Cc1cc(NC(=O)C(C)Sc2nnc(N3CCCC3)n2CC2CCCO2)no1. The summed E-state index contributed by atoms with van der Waals surface area (Å²) in [6.45, 7) is 7.16. The first-order chi connectivity index (χ1) is 13.6. The van der Waals surface area contributed by atoms with Crippen molar-refractivity contribution in [2.75, 3.05) is 29.9 Å². The molecule has 0 radical (unpaired) electrons. The van der Waals surface area contributed by atoms with Gasteiger partial charge < -0.3 is 19.5 Å². The summed E-state index contributed by atoms with van der Waals surface area (Å²) in [6.07, 6.45) is 4.66. The van der Waals surface area contributed by atoms with Crippen LogP contribution in [0.15, 0.2) is 15.7 Å². The molecule has 9 nitrogen and oxygen atoms in total. The van der Waals surface area contributed by atoms with Gasteiger partial charge >= 0.3 is 0 Å². The maximum absolute atomic E-state index is 12.5. The van der Waals surface area contributed by atoms with Crippen LogP contribution < -0.4 is 10.2 Å². The molecule has 152 valence electrons. The number of ether oxygens (including phenoxy) is 1. The van der Waals surface area contributed by atoms with Crippen molar-refractivity contribution in [1.82, 2.24) is 19.9 Å². The lowest BCUT2D eigenvalue weighted by atomic mass is 10.2. The molecule has 0 bridgehead atoms. The van der Waals surface area contributed by atoms with E-state index in [0.717, 1.165) is 50.2 Å². The molecule has 2 aliphatic rings. The minimum atomic E-state index is -0.351. The fraction of sp³-hybridized carbons (Fsp3) is 0.667. The van der Waals surface area contributed by atoms with E-state index in [0.29, 0.717) is 11.6 Å². The van der Waals surface area contributed by atoms with E-state index >= 15 is 0 Å². The Kier molecular flexibility index (Phi) is 5.86. The number of nitrogens with one attached hydrogen (secondary N) is 1. The van der Waals surface area contributed by atoms with Gasteiger partial charge in [-0.25, -0.2) is 0 Å². The molecule has 2 aromatic heterocycles. The van der Waals surface area contributed by atoms with Crippen molar-refractivity contribution in [2.45, 2.75) is 62.6 Å². The molecule has 2 aliphatic heterocycles. The Morgan fingerprint density at radius 1 is 1.36 bits per heavy atom. The standard InChI is InChI=1S/C18H26N6O3S/c1-12-10-15(22-27-12)19-16(25)13(2)28-18-21-20-17(23-7-3-4-8-23)24(18)11-14-6-5-9-26-14/h10,13-14H,3-9,11H2,1-2H3,(H,19,22,25). The van der Waals surface area contributed by atoms with Crippen LogP contribution >= 0.6 is 11.8 Å². The number of hydrogen-bond donors (Lipinski definition) is 1. The Hall–Kier alpha value is -2.07. The lowest BCUT2D eigenvalue weighted by molar-refractivity contribution is -0.115. The molecule has 2 saturated heterocycles. The quantitative estimate of drug-likeness (QED) is 0.700. The number of carbonyl (C=O) groups excluding carboxylic acids is 1. The summed E-state index contributed by atoms with van der Waals surface area (Å²) in [6, 6.07) is 1.70. The number of nitrogens with zero attached hydrogens (tertiary/aromatic N) is 5. The molecule has 2 fully saturated rings. The summed E-state index contributed by atoms with van der Waals surface area (Å²) in [5.41, 5.74) is 0. The third-order valence-corrected chi connectivity index (χ3v) is 6.11. The van der Waals surface area contributed by atoms with Gasteiger partial charge in [-0.3, -0.25) is 9.36 Å². The van der Waals surface area contributed by atoms with Crippen LogP contribution in [0.4, 0.5) is 11.8 Å². The average molecular weight is 407 g/mol. The van der Waals surface area contributed by atoms with E-state index in [1.807, 2.05) is 6.92 Å². The highest BCUT2D eigenvalue weighted by Crippen LogP contribution is 2.29. The van der Waals surface area contributed by atoms with Crippen LogP contribution in [-0.2, 0) is 16.1 Å². The van der Waals surface area contributed by atoms with E-state index in [9.17, 15) is 4.79 Å². The van der Waals surface area contributed by atoms with Crippen LogP contribution in [0.3, 0.4) is 0 Å². The number of thioether (sulfide) groups is 1. The molecule has 2 aromatic rings. The molecule has 0 aliphatic carbocycles. The van der Waals surface area contributed by atoms with Crippen LogP contribution in [0.2, 0.25) is 0 Å². The minimum Gasteiger partial charge on any atom is -0.376 e. The normalized spacial score (nSPS) is 20.6. The zero-order valence-electron chi connectivity index (χ0n) is 16.3. The Balaban J connectivity index is 1.48. The van der Waals surface area contributed by atoms with Crippen molar-refractivity contribution in [3.05, 3.63) is 11.8 Å². The molecule has 10 heteroatoms. The second-order valence-electron chi connectivity index (χ2n) is 7.29. The largest absolute Gasteiger partial charge is 0.376 e. The van der Waals surface area contributed by atoms with Gasteiger partial charge in [0, 0.05) is 25.8 Å². The lowest BCUT2D eigenvalue weighted by Crippen LogP contribution is -2.26. The summed E-state index contributed by atoms with van der Waals surface area (Å²) in [5, 5.41) is 15.8. The maximum atomic E-state index is 12.5. The first-order valence-electron chi connectivity index (χ1n) is 9.81. The van der Waals surface area contributed by atoms with Gasteiger partial charge in [-0.15, -0.1) is 10.2 Å². The molecule has 2 unspecified atom stereocenters. The second-order valence-corrected chi connectivity index (χ2v) is 8.60. The number of aryl methyl sites for hydroxylation is 1. The third kappa shape index (κ3) is 4.33. The summed E-state index contributed by atoms with van der Waals surface area (Å²) >= 11 is 1.40. The molecule has 0 saturated carbocycles. The van der Waals surface area contributed by atoms with Crippen molar-refractivity contribution in [2.24, 2.45) is 0 Å². The molecule has 4 heterocycles. The van der Waals surface area contributed by atoms with Crippen molar-refractivity contribution in [3.63, 3.8) is 0 Å². The van der Waals surface area contributed by atoms with Crippen molar-refractivity contribution < 1.29 is 14.1 Å². The third-order valence-electron chi connectivity index (χ3n) is 5.03. The lowest BCUT2D eigenvalue weighted by Gasteiger charge is -2.21. The van der Waals surface area contributed by atoms with Crippen molar-refractivity contribution in [1.29, 1.82) is 0 Å². The second kappa shape index (κ2) is 8.52. The maximum Gasteiger partial charge on any atom is 0.238 e. The van der Waals surface area contributed by atoms with Gasteiger partial charge in [0.25, 0.3) is 0 Å². The first kappa shape index (κ1) is 19.3. The number of aromatic nitrogens is 4. The number of rotatable bonds is 7.